The molecule has 1 aliphatic rings. The molecule has 0 radical (unpaired) electrons. The molecule has 90 valence electrons. The third kappa shape index (κ3) is 2.29. The highest BCUT2D eigenvalue weighted by Gasteiger charge is 2.36. The number of benzene rings is 1. The van der Waals surface area contributed by atoms with E-state index in [9.17, 15) is 9.59 Å². The Hall–Kier alpha value is -1.88. The number of rotatable bonds is 4. The first kappa shape index (κ1) is 11.6. The first-order valence-electron chi connectivity index (χ1n) is 5.52. The van der Waals surface area contributed by atoms with Gasteiger partial charge in [0.15, 0.2) is 0 Å². The predicted octanol–water partition coefficient (Wildman–Crippen LogP) is 0.838. The lowest BCUT2D eigenvalue weighted by Gasteiger charge is -2.16. The fraction of sp³-hybridized carbons (Fsp3) is 0.333. The zero-order chi connectivity index (χ0) is 12.3. The molecule has 0 atom stereocenters. The van der Waals surface area contributed by atoms with E-state index in [0.717, 1.165) is 5.69 Å². The van der Waals surface area contributed by atoms with Crippen LogP contribution in [0, 0.1) is 0 Å². The molecule has 17 heavy (non-hydrogen) atoms. The van der Waals surface area contributed by atoms with Crippen molar-refractivity contribution in [2.45, 2.75) is 6.42 Å². The maximum Gasteiger partial charge on any atom is 0.331 e. The third-order valence-electron chi connectivity index (χ3n) is 2.66. The molecule has 1 aliphatic heterocycles. The summed E-state index contributed by atoms with van der Waals surface area (Å²) in [5.74, 6) is -0.215. The van der Waals surface area contributed by atoms with Crippen LogP contribution < -0.4 is 4.90 Å². The maximum atomic E-state index is 12.0. The first-order valence-corrected chi connectivity index (χ1v) is 5.52. The molecule has 1 aromatic rings. The fourth-order valence-corrected chi connectivity index (χ4v) is 1.80. The van der Waals surface area contributed by atoms with Crippen LogP contribution in [-0.2, 0) is 4.79 Å². The van der Waals surface area contributed by atoms with Crippen molar-refractivity contribution in [1.82, 2.24) is 4.90 Å². The lowest BCUT2D eigenvalue weighted by Crippen LogP contribution is -2.34. The van der Waals surface area contributed by atoms with Gasteiger partial charge in [-0.3, -0.25) is 14.6 Å². The summed E-state index contributed by atoms with van der Waals surface area (Å²) >= 11 is 0. The molecule has 0 aliphatic carbocycles. The molecular formula is C12H14N2O3. The number of hydrogen-bond acceptors (Lipinski definition) is 3. The molecule has 1 N–H and O–H groups in total. The minimum Gasteiger partial charge on any atom is -0.396 e. The van der Waals surface area contributed by atoms with E-state index in [1.807, 2.05) is 18.2 Å². The Bertz CT molecular complexity index is 419. The Balaban J connectivity index is 2.13. The van der Waals surface area contributed by atoms with Gasteiger partial charge in [0.05, 0.1) is 0 Å². The second-order valence-corrected chi connectivity index (χ2v) is 3.83. The standard InChI is InChI=1S/C12H14N2O3/c15-8-4-7-13-11(16)9-14(12(13)17)10-5-2-1-3-6-10/h1-3,5-6,15H,4,7-9H2. The van der Waals surface area contributed by atoms with Gasteiger partial charge in [0, 0.05) is 18.8 Å². The number of carbonyl (C=O) groups is 2. The van der Waals surface area contributed by atoms with Crippen LogP contribution in [0.2, 0.25) is 0 Å². The molecule has 5 nitrogen and oxygen atoms in total. The van der Waals surface area contributed by atoms with Crippen LogP contribution in [0.5, 0.6) is 0 Å². The van der Waals surface area contributed by atoms with Crippen LogP contribution in [0.4, 0.5) is 10.5 Å². The average Bonchev–Trinajstić information content (AvgIpc) is 2.64. The lowest BCUT2D eigenvalue weighted by molar-refractivity contribution is -0.124. The minimum absolute atomic E-state index is 0.0254. The van der Waals surface area contributed by atoms with Gasteiger partial charge >= 0.3 is 6.03 Å². The summed E-state index contributed by atoms with van der Waals surface area (Å²) in [4.78, 5) is 26.3. The number of imide groups is 1. The van der Waals surface area contributed by atoms with Gasteiger partial charge in [0.1, 0.15) is 6.54 Å². The molecular weight excluding hydrogens is 220 g/mol. The van der Waals surface area contributed by atoms with Crippen molar-refractivity contribution in [1.29, 1.82) is 0 Å². The molecule has 0 bridgehead atoms. The van der Waals surface area contributed by atoms with E-state index < -0.39 is 0 Å². The van der Waals surface area contributed by atoms with E-state index in [1.165, 1.54) is 9.80 Å². The number of nitrogens with zero attached hydrogens (tertiary/aromatic N) is 2. The highest BCUT2D eigenvalue weighted by Crippen LogP contribution is 2.20. The second kappa shape index (κ2) is 4.97. The summed E-state index contributed by atoms with van der Waals surface area (Å²) in [5, 5.41) is 8.72. The van der Waals surface area contributed by atoms with Gasteiger partial charge in [0.2, 0.25) is 0 Å². The highest BCUT2D eigenvalue weighted by atomic mass is 16.3. The van der Waals surface area contributed by atoms with Crippen LogP contribution in [0.25, 0.3) is 0 Å². The Kier molecular flexibility index (Phi) is 3.39. The van der Waals surface area contributed by atoms with Crippen LogP contribution in [0.3, 0.4) is 0 Å². The SMILES string of the molecule is O=C1CN(c2ccccc2)C(=O)N1CCCO. The number of urea groups is 1. The predicted molar refractivity (Wildman–Crippen MR) is 62.6 cm³/mol. The van der Waals surface area contributed by atoms with Crippen molar-refractivity contribution in [3.8, 4) is 0 Å². The summed E-state index contributed by atoms with van der Waals surface area (Å²) in [5.41, 5.74) is 0.720. The van der Waals surface area contributed by atoms with Crippen molar-refractivity contribution < 1.29 is 14.7 Å². The molecule has 0 aromatic heterocycles. The monoisotopic (exact) mass is 234 g/mol. The second-order valence-electron chi connectivity index (χ2n) is 3.83. The zero-order valence-corrected chi connectivity index (χ0v) is 9.37. The summed E-state index contributed by atoms with van der Waals surface area (Å²) in [6, 6.07) is 8.78. The molecule has 1 fully saturated rings. The van der Waals surface area contributed by atoms with Gasteiger partial charge in [0.25, 0.3) is 5.91 Å². The van der Waals surface area contributed by atoms with E-state index in [0.29, 0.717) is 6.42 Å². The molecule has 2 rings (SSSR count). The fourth-order valence-electron chi connectivity index (χ4n) is 1.80. The molecule has 0 unspecified atom stereocenters. The summed E-state index contributed by atoms with van der Waals surface area (Å²) in [6.07, 6.45) is 0.417. The van der Waals surface area contributed by atoms with Crippen molar-refractivity contribution in [2.75, 3.05) is 24.6 Å². The molecule has 1 aromatic carbocycles. The third-order valence-corrected chi connectivity index (χ3v) is 2.66. The van der Waals surface area contributed by atoms with E-state index in [1.54, 1.807) is 12.1 Å². The Labute approximate surface area is 99.3 Å². The lowest BCUT2D eigenvalue weighted by atomic mass is 10.3. The normalized spacial score (nSPS) is 15.8. The van der Waals surface area contributed by atoms with Crippen molar-refractivity contribution in [2.24, 2.45) is 0 Å². The van der Waals surface area contributed by atoms with Crippen molar-refractivity contribution >= 4 is 17.6 Å². The molecule has 0 saturated carbocycles. The summed E-state index contributed by atoms with van der Waals surface area (Å²) in [6.45, 7) is 0.328. The van der Waals surface area contributed by atoms with Crippen molar-refractivity contribution in [3.05, 3.63) is 30.3 Å². The van der Waals surface area contributed by atoms with E-state index in [-0.39, 0.29) is 31.6 Å². The van der Waals surface area contributed by atoms with Crippen LogP contribution >= 0.6 is 0 Å². The topological polar surface area (TPSA) is 60.9 Å². The highest BCUT2D eigenvalue weighted by molar-refractivity contribution is 6.12. The van der Waals surface area contributed by atoms with E-state index in [4.69, 9.17) is 5.11 Å². The summed E-state index contributed by atoms with van der Waals surface area (Å²) < 4.78 is 0. The van der Waals surface area contributed by atoms with Gasteiger partial charge in [-0.25, -0.2) is 4.79 Å². The molecule has 0 spiro atoms. The molecule has 1 heterocycles. The Morgan fingerprint density at radius 1 is 1.18 bits per heavy atom. The van der Waals surface area contributed by atoms with Gasteiger partial charge in [-0.15, -0.1) is 0 Å². The van der Waals surface area contributed by atoms with Gasteiger partial charge < -0.3 is 5.11 Å². The molecule has 5 heteroatoms. The van der Waals surface area contributed by atoms with Gasteiger partial charge in [-0.2, -0.15) is 0 Å². The number of hydrogen-bond donors (Lipinski definition) is 1. The number of aliphatic hydroxyl groups excluding tert-OH is 1. The zero-order valence-electron chi connectivity index (χ0n) is 9.37. The van der Waals surface area contributed by atoms with Gasteiger partial charge in [-0.1, -0.05) is 18.2 Å². The summed E-state index contributed by atoms with van der Waals surface area (Å²) in [7, 11) is 0. The van der Waals surface area contributed by atoms with Crippen LogP contribution in [0.1, 0.15) is 6.42 Å². The number of para-hydroxylation sites is 1. The average molecular weight is 234 g/mol. The van der Waals surface area contributed by atoms with Crippen LogP contribution in [-0.4, -0.2) is 41.6 Å². The minimum atomic E-state index is -0.311. The number of aliphatic hydroxyl groups is 1. The Morgan fingerprint density at radius 2 is 1.88 bits per heavy atom. The maximum absolute atomic E-state index is 12.0. The molecule has 1 saturated heterocycles. The van der Waals surface area contributed by atoms with E-state index in [2.05, 4.69) is 0 Å². The number of carbonyl (C=O) groups excluding carboxylic acids is 2. The molecule has 3 amide bonds. The quantitative estimate of drug-likeness (QED) is 0.785. The first-order chi connectivity index (χ1) is 8.24. The van der Waals surface area contributed by atoms with Gasteiger partial charge in [-0.05, 0) is 18.6 Å². The smallest absolute Gasteiger partial charge is 0.331 e. The number of anilines is 1. The van der Waals surface area contributed by atoms with E-state index >= 15 is 0 Å². The van der Waals surface area contributed by atoms with Crippen molar-refractivity contribution in [3.63, 3.8) is 0 Å². The largest absolute Gasteiger partial charge is 0.396 e. The number of amides is 3. The van der Waals surface area contributed by atoms with Crippen LogP contribution in [0.15, 0.2) is 30.3 Å². The Morgan fingerprint density at radius 3 is 2.53 bits per heavy atom.